The largest absolute Gasteiger partial charge is 0.493 e. The Morgan fingerprint density at radius 3 is 2.44 bits per heavy atom. The third kappa shape index (κ3) is 4.34. The minimum absolute atomic E-state index is 0.0293. The molecule has 2 aromatic rings. The summed E-state index contributed by atoms with van der Waals surface area (Å²) in [6, 6.07) is 6.84. The molecule has 1 heterocycles. The Labute approximate surface area is 145 Å². The normalized spacial score (nSPS) is 11.8. The zero-order valence-electron chi connectivity index (χ0n) is 14.7. The molecule has 1 aromatic carbocycles. The van der Waals surface area contributed by atoms with Crippen molar-refractivity contribution in [3.8, 4) is 11.5 Å². The van der Waals surface area contributed by atoms with E-state index >= 15 is 0 Å². The Morgan fingerprint density at radius 1 is 1.24 bits per heavy atom. The van der Waals surface area contributed by atoms with Crippen LogP contribution in [0.15, 0.2) is 24.3 Å². The highest BCUT2D eigenvalue weighted by molar-refractivity contribution is 5.79. The highest BCUT2D eigenvalue weighted by atomic mass is 16.6. The molecule has 1 aromatic heterocycles. The standard InChI is InChI=1S/C17H21N3O5/c1-11-7-12(2)20(18-11)17(21)9-14(10-19(22)23)13-5-6-15(24-3)16(8-13)25-4/h5-8,14H,9-10H2,1-4H3. The number of hydrogen-bond acceptors (Lipinski definition) is 6. The maximum Gasteiger partial charge on any atom is 0.247 e. The number of rotatable bonds is 7. The van der Waals surface area contributed by atoms with E-state index in [0.717, 1.165) is 5.69 Å². The van der Waals surface area contributed by atoms with Gasteiger partial charge in [0.05, 0.1) is 25.8 Å². The van der Waals surface area contributed by atoms with Crippen molar-refractivity contribution in [2.24, 2.45) is 0 Å². The molecule has 0 amide bonds. The summed E-state index contributed by atoms with van der Waals surface area (Å²) in [4.78, 5) is 23.2. The van der Waals surface area contributed by atoms with Crippen LogP contribution in [0.3, 0.4) is 0 Å². The predicted octanol–water partition coefficient (Wildman–Crippen LogP) is 2.61. The minimum Gasteiger partial charge on any atom is -0.493 e. The Hall–Kier alpha value is -2.90. The Morgan fingerprint density at radius 2 is 1.92 bits per heavy atom. The van der Waals surface area contributed by atoms with Crippen LogP contribution < -0.4 is 9.47 Å². The highest BCUT2D eigenvalue weighted by Crippen LogP contribution is 2.32. The number of benzene rings is 1. The van der Waals surface area contributed by atoms with Crippen molar-refractivity contribution in [3.63, 3.8) is 0 Å². The van der Waals surface area contributed by atoms with Crippen LogP contribution in [0.2, 0.25) is 0 Å². The number of hydrogen-bond donors (Lipinski definition) is 0. The van der Waals surface area contributed by atoms with Crippen LogP contribution >= 0.6 is 0 Å². The lowest BCUT2D eigenvalue weighted by Crippen LogP contribution is -2.21. The third-order valence-corrected chi connectivity index (χ3v) is 3.92. The van der Waals surface area contributed by atoms with Gasteiger partial charge in [0.25, 0.3) is 0 Å². The lowest BCUT2D eigenvalue weighted by atomic mass is 9.95. The molecule has 0 aliphatic carbocycles. The molecule has 0 bridgehead atoms. The van der Waals surface area contributed by atoms with E-state index in [-0.39, 0.29) is 18.9 Å². The first-order chi connectivity index (χ1) is 11.8. The molecule has 25 heavy (non-hydrogen) atoms. The number of nitrogens with zero attached hydrogens (tertiary/aromatic N) is 3. The van der Waals surface area contributed by atoms with Crippen molar-refractivity contribution in [1.82, 2.24) is 9.78 Å². The second-order valence-electron chi connectivity index (χ2n) is 5.76. The monoisotopic (exact) mass is 347 g/mol. The summed E-state index contributed by atoms with van der Waals surface area (Å²) in [6.07, 6.45) is -0.0293. The van der Waals surface area contributed by atoms with Crippen molar-refractivity contribution in [3.05, 3.63) is 51.3 Å². The summed E-state index contributed by atoms with van der Waals surface area (Å²) in [7, 11) is 3.00. The van der Waals surface area contributed by atoms with Gasteiger partial charge in [-0.25, -0.2) is 4.68 Å². The maximum absolute atomic E-state index is 12.5. The summed E-state index contributed by atoms with van der Waals surface area (Å²) < 4.78 is 11.7. The Kier molecular flexibility index (Phi) is 5.74. The molecule has 134 valence electrons. The van der Waals surface area contributed by atoms with Crippen LogP contribution in [-0.4, -0.2) is 41.4 Å². The van der Waals surface area contributed by atoms with E-state index in [1.54, 1.807) is 38.1 Å². The molecule has 2 rings (SSSR count). The van der Waals surface area contributed by atoms with E-state index in [1.165, 1.54) is 18.9 Å². The van der Waals surface area contributed by atoms with Crippen LogP contribution in [0.25, 0.3) is 0 Å². The highest BCUT2D eigenvalue weighted by Gasteiger charge is 2.24. The van der Waals surface area contributed by atoms with Gasteiger partial charge in [0.2, 0.25) is 12.5 Å². The molecule has 1 atom stereocenters. The number of aromatic nitrogens is 2. The zero-order valence-corrected chi connectivity index (χ0v) is 14.7. The van der Waals surface area contributed by atoms with Crippen LogP contribution in [0.5, 0.6) is 11.5 Å². The third-order valence-electron chi connectivity index (χ3n) is 3.92. The second kappa shape index (κ2) is 7.78. The molecule has 0 saturated carbocycles. The SMILES string of the molecule is COc1ccc(C(CC(=O)n2nc(C)cc2C)C[N+](=O)[O-])cc1OC. The molecule has 0 radical (unpaired) electrons. The fourth-order valence-corrected chi connectivity index (χ4v) is 2.75. The minimum atomic E-state index is -0.591. The number of nitro groups is 1. The molecule has 1 unspecified atom stereocenters. The smallest absolute Gasteiger partial charge is 0.247 e. The summed E-state index contributed by atoms with van der Waals surface area (Å²) in [6.45, 7) is 3.21. The quantitative estimate of drug-likeness (QED) is 0.564. The van der Waals surface area contributed by atoms with Gasteiger partial charge < -0.3 is 9.47 Å². The van der Waals surface area contributed by atoms with E-state index in [4.69, 9.17) is 9.47 Å². The molecule has 0 spiro atoms. The fourth-order valence-electron chi connectivity index (χ4n) is 2.75. The Balaban J connectivity index is 2.31. The van der Waals surface area contributed by atoms with E-state index in [2.05, 4.69) is 5.10 Å². The van der Waals surface area contributed by atoms with Gasteiger partial charge >= 0.3 is 0 Å². The maximum atomic E-state index is 12.5. The first kappa shape index (κ1) is 18.4. The van der Waals surface area contributed by atoms with Gasteiger partial charge in [-0.05, 0) is 37.6 Å². The Bertz CT molecular complexity index is 785. The molecule has 0 saturated heterocycles. The second-order valence-corrected chi connectivity index (χ2v) is 5.76. The molecular formula is C17H21N3O5. The summed E-state index contributed by atoms with van der Waals surface area (Å²) in [5.41, 5.74) is 2.07. The van der Waals surface area contributed by atoms with Gasteiger partial charge in [-0.3, -0.25) is 14.9 Å². The lowest BCUT2D eigenvalue weighted by Gasteiger charge is -2.15. The van der Waals surface area contributed by atoms with Crippen molar-refractivity contribution in [2.75, 3.05) is 20.8 Å². The van der Waals surface area contributed by atoms with Gasteiger partial charge in [0.1, 0.15) is 0 Å². The molecule has 8 nitrogen and oxygen atoms in total. The van der Waals surface area contributed by atoms with E-state index in [1.807, 2.05) is 0 Å². The van der Waals surface area contributed by atoms with Crippen LogP contribution in [0.4, 0.5) is 0 Å². The fraction of sp³-hybridized carbons (Fsp3) is 0.412. The van der Waals surface area contributed by atoms with Crippen molar-refractivity contribution in [1.29, 1.82) is 0 Å². The molecule has 0 aliphatic heterocycles. The zero-order chi connectivity index (χ0) is 18.6. The number of methoxy groups -OCH3 is 2. The summed E-state index contributed by atoms with van der Waals surface area (Å²) in [5.74, 6) is 0.112. The van der Waals surface area contributed by atoms with Gasteiger partial charge in [0.15, 0.2) is 11.5 Å². The van der Waals surface area contributed by atoms with E-state index < -0.39 is 10.8 Å². The molecule has 8 heteroatoms. The first-order valence-corrected chi connectivity index (χ1v) is 7.76. The van der Waals surface area contributed by atoms with Crippen molar-refractivity contribution >= 4 is 5.91 Å². The number of aryl methyl sites for hydroxylation is 2. The summed E-state index contributed by atoms with van der Waals surface area (Å²) >= 11 is 0. The van der Waals surface area contributed by atoms with Gasteiger partial charge in [-0.15, -0.1) is 0 Å². The molecule has 0 aliphatic rings. The first-order valence-electron chi connectivity index (χ1n) is 7.76. The summed E-state index contributed by atoms with van der Waals surface area (Å²) in [5, 5.41) is 15.2. The van der Waals surface area contributed by atoms with Gasteiger partial charge in [-0.1, -0.05) is 6.07 Å². The van der Waals surface area contributed by atoms with Crippen molar-refractivity contribution < 1.29 is 19.2 Å². The van der Waals surface area contributed by atoms with Crippen LogP contribution in [0.1, 0.15) is 34.1 Å². The number of ether oxygens (including phenoxy) is 2. The van der Waals surface area contributed by atoms with Crippen LogP contribution in [0, 0.1) is 24.0 Å². The van der Waals surface area contributed by atoms with Gasteiger partial charge in [-0.2, -0.15) is 5.10 Å². The average molecular weight is 347 g/mol. The van der Waals surface area contributed by atoms with Crippen LogP contribution in [-0.2, 0) is 0 Å². The van der Waals surface area contributed by atoms with E-state index in [0.29, 0.717) is 22.8 Å². The average Bonchev–Trinajstić information content (AvgIpc) is 2.91. The number of carbonyl (C=O) groups is 1. The molecule has 0 N–H and O–H groups in total. The van der Waals surface area contributed by atoms with Gasteiger partial charge in [0, 0.05) is 17.0 Å². The number of carbonyl (C=O) groups excluding carboxylic acids is 1. The molecular weight excluding hydrogens is 326 g/mol. The van der Waals surface area contributed by atoms with Crippen molar-refractivity contribution in [2.45, 2.75) is 26.2 Å². The lowest BCUT2D eigenvalue weighted by molar-refractivity contribution is -0.483. The molecule has 0 fully saturated rings. The predicted molar refractivity (Wildman–Crippen MR) is 91.1 cm³/mol. The van der Waals surface area contributed by atoms with E-state index in [9.17, 15) is 14.9 Å². The topological polar surface area (TPSA) is 96.5 Å².